The monoisotopic (exact) mass is 221 g/mol. The van der Waals surface area contributed by atoms with E-state index in [0.717, 1.165) is 10.6 Å². The second-order valence-corrected chi connectivity index (χ2v) is 4.16. The van der Waals surface area contributed by atoms with Crippen molar-refractivity contribution in [2.24, 2.45) is 0 Å². The first kappa shape index (κ1) is 10.1. The van der Waals surface area contributed by atoms with Gasteiger partial charge in [-0.25, -0.2) is 4.98 Å². The molecule has 4 heteroatoms. The molecule has 0 amide bonds. The summed E-state index contributed by atoms with van der Waals surface area (Å²) in [4.78, 5) is 4.28. The Bertz CT molecular complexity index is 465. The van der Waals surface area contributed by atoms with Crippen LogP contribution in [0.4, 0.5) is 0 Å². The summed E-state index contributed by atoms with van der Waals surface area (Å²) < 4.78 is 0. The lowest BCUT2D eigenvalue weighted by Gasteiger charge is -1.98. The van der Waals surface area contributed by atoms with E-state index in [2.05, 4.69) is 4.98 Å². The Hall–Kier alpha value is -1.39. The maximum atomic E-state index is 9.33. The van der Waals surface area contributed by atoms with E-state index >= 15 is 0 Å². The van der Waals surface area contributed by atoms with Gasteiger partial charge in [-0.3, -0.25) is 0 Å². The number of benzene rings is 1. The first-order chi connectivity index (χ1) is 7.16. The van der Waals surface area contributed by atoms with Gasteiger partial charge in [0.15, 0.2) is 0 Å². The average Bonchev–Trinajstić information content (AvgIpc) is 2.66. The van der Waals surface area contributed by atoms with Crippen molar-refractivity contribution in [1.29, 1.82) is 0 Å². The Morgan fingerprint density at radius 2 is 2.20 bits per heavy atom. The topological polar surface area (TPSA) is 53.4 Å². The lowest BCUT2D eigenvalue weighted by atomic mass is 10.2. The van der Waals surface area contributed by atoms with Crippen molar-refractivity contribution in [2.45, 2.75) is 13.0 Å². The Labute approximate surface area is 91.7 Å². The highest BCUT2D eigenvalue weighted by molar-refractivity contribution is 7.13. The third kappa shape index (κ3) is 2.16. The quantitative estimate of drug-likeness (QED) is 0.819. The van der Waals surface area contributed by atoms with Crippen LogP contribution in [0.1, 0.15) is 18.7 Å². The molecular formula is C11H11NO2S. The Kier molecular flexibility index (Phi) is 2.70. The highest BCUT2D eigenvalue weighted by atomic mass is 32.1. The minimum Gasteiger partial charge on any atom is -0.508 e. The van der Waals surface area contributed by atoms with Crippen molar-refractivity contribution in [1.82, 2.24) is 4.98 Å². The van der Waals surface area contributed by atoms with Gasteiger partial charge < -0.3 is 10.2 Å². The van der Waals surface area contributed by atoms with E-state index in [1.807, 2.05) is 11.4 Å². The lowest BCUT2D eigenvalue weighted by Crippen LogP contribution is -1.90. The molecule has 0 aliphatic carbocycles. The number of nitrogens with zero attached hydrogens (tertiary/aromatic N) is 1. The maximum Gasteiger partial charge on any atom is 0.123 e. The zero-order chi connectivity index (χ0) is 10.8. The number of hydrogen-bond acceptors (Lipinski definition) is 4. The van der Waals surface area contributed by atoms with E-state index < -0.39 is 6.10 Å². The molecule has 0 saturated carbocycles. The number of phenols is 1. The van der Waals surface area contributed by atoms with E-state index in [9.17, 15) is 10.2 Å². The molecule has 1 unspecified atom stereocenters. The summed E-state index contributed by atoms with van der Waals surface area (Å²) in [5.74, 6) is 0.223. The molecule has 0 radical (unpaired) electrons. The van der Waals surface area contributed by atoms with Crippen molar-refractivity contribution < 1.29 is 10.2 Å². The standard InChI is InChI=1S/C11H11NO2S/c1-7(13)10-6-15-11(12-10)8-3-2-4-9(14)5-8/h2-7,13-14H,1H3. The zero-order valence-electron chi connectivity index (χ0n) is 8.21. The maximum absolute atomic E-state index is 9.33. The Morgan fingerprint density at radius 1 is 1.40 bits per heavy atom. The number of aliphatic hydroxyl groups excluding tert-OH is 1. The molecular weight excluding hydrogens is 210 g/mol. The summed E-state index contributed by atoms with van der Waals surface area (Å²) in [5, 5.41) is 21.3. The number of thiazole rings is 1. The molecule has 0 bridgehead atoms. The Balaban J connectivity index is 2.37. The summed E-state index contributed by atoms with van der Waals surface area (Å²) >= 11 is 1.46. The van der Waals surface area contributed by atoms with E-state index in [-0.39, 0.29) is 5.75 Å². The summed E-state index contributed by atoms with van der Waals surface area (Å²) in [6, 6.07) is 6.93. The van der Waals surface area contributed by atoms with Gasteiger partial charge >= 0.3 is 0 Å². The number of hydrogen-bond donors (Lipinski definition) is 2. The molecule has 1 atom stereocenters. The van der Waals surface area contributed by atoms with Crippen LogP contribution in [-0.4, -0.2) is 15.2 Å². The van der Waals surface area contributed by atoms with Crippen LogP contribution in [0.3, 0.4) is 0 Å². The molecule has 0 aliphatic heterocycles. The minimum atomic E-state index is -0.549. The molecule has 3 nitrogen and oxygen atoms in total. The van der Waals surface area contributed by atoms with Crippen LogP contribution in [0.5, 0.6) is 5.75 Å². The molecule has 78 valence electrons. The van der Waals surface area contributed by atoms with Gasteiger partial charge in [-0.1, -0.05) is 12.1 Å². The van der Waals surface area contributed by atoms with Gasteiger partial charge in [0, 0.05) is 10.9 Å². The molecule has 1 heterocycles. The fraction of sp³-hybridized carbons (Fsp3) is 0.182. The fourth-order valence-electron chi connectivity index (χ4n) is 1.25. The summed E-state index contributed by atoms with van der Waals surface area (Å²) in [6.45, 7) is 1.68. The molecule has 0 aliphatic rings. The van der Waals surface area contributed by atoms with Crippen LogP contribution in [-0.2, 0) is 0 Å². The second kappa shape index (κ2) is 4.00. The van der Waals surface area contributed by atoms with Crippen LogP contribution in [0.2, 0.25) is 0 Å². The first-order valence-electron chi connectivity index (χ1n) is 4.59. The largest absolute Gasteiger partial charge is 0.508 e. The average molecular weight is 221 g/mol. The van der Waals surface area contributed by atoms with Gasteiger partial charge in [-0.2, -0.15) is 0 Å². The highest BCUT2D eigenvalue weighted by Gasteiger charge is 2.08. The third-order valence-corrected chi connectivity index (χ3v) is 2.95. The number of aliphatic hydroxyl groups is 1. The predicted molar refractivity (Wildman–Crippen MR) is 59.8 cm³/mol. The highest BCUT2D eigenvalue weighted by Crippen LogP contribution is 2.28. The molecule has 0 spiro atoms. The molecule has 2 rings (SSSR count). The van der Waals surface area contributed by atoms with E-state index in [0.29, 0.717) is 5.69 Å². The Morgan fingerprint density at radius 3 is 2.80 bits per heavy atom. The van der Waals surface area contributed by atoms with Crippen molar-refractivity contribution in [3.63, 3.8) is 0 Å². The summed E-state index contributed by atoms with van der Waals surface area (Å²) in [6.07, 6.45) is -0.549. The van der Waals surface area contributed by atoms with Crippen LogP contribution < -0.4 is 0 Å². The van der Waals surface area contributed by atoms with Crippen LogP contribution in [0, 0.1) is 0 Å². The van der Waals surface area contributed by atoms with Gasteiger partial charge in [0.1, 0.15) is 10.8 Å². The fourth-order valence-corrected chi connectivity index (χ4v) is 2.15. The van der Waals surface area contributed by atoms with E-state index in [1.54, 1.807) is 25.1 Å². The summed E-state index contributed by atoms with van der Waals surface area (Å²) in [5.41, 5.74) is 1.53. The van der Waals surface area contributed by atoms with Crippen LogP contribution in [0.15, 0.2) is 29.6 Å². The first-order valence-corrected chi connectivity index (χ1v) is 5.47. The molecule has 0 fully saturated rings. The molecule has 0 saturated heterocycles. The van der Waals surface area contributed by atoms with Gasteiger partial charge in [0.05, 0.1) is 11.8 Å². The van der Waals surface area contributed by atoms with Gasteiger partial charge in [-0.05, 0) is 19.1 Å². The van der Waals surface area contributed by atoms with Crippen LogP contribution in [0.25, 0.3) is 10.6 Å². The van der Waals surface area contributed by atoms with E-state index in [4.69, 9.17) is 0 Å². The van der Waals surface area contributed by atoms with Gasteiger partial charge in [0.25, 0.3) is 0 Å². The summed E-state index contributed by atoms with van der Waals surface area (Å²) in [7, 11) is 0. The third-order valence-electron chi connectivity index (χ3n) is 2.04. The molecule has 1 aromatic carbocycles. The van der Waals surface area contributed by atoms with Gasteiger partial charge in [-0.15, -0.1) is 11.3 Å². The predicted octanol–water partition coefficient (Wildman–Crippen LogP) is 2.57. The normalized spacial score (nSPS) is 12.7. The lowest BCUT2D eigenvalue weighted by molar-refractivity contribution is 0.195. The second-order valence-electron chi connectivity index (χ2n) is 3.30. The van der Waals surface area contributed by atoms with Crippen molar-refractivity contribution >= 4 is 11.3 Å². The molecule has 2 N–H and O–H groups in total. The number of rotatable bonds is 2. The van der Waals surface area contributed by atoms with Gasteiger partial charge in [0.2, 0.25) is 0 Å². The van der Waals surface area contributed by atoms with Crippen LogP contribution >= 0.6 is 11.3 Å². The smallest absolute Gasteiger partial charge is 0.123 e. The van der Waals surface area contributed by atoms with Crippen molar-refractivity contribution in [3.8, 4) is 16.3 Å². The molecule has 1 aromatic heterocycles. The number of phenolic OH excluding ortho intramolecular Hbond substituents is 1. The van der Waals surface area contributed by atoms with Crippen molar-refractivity contribution in [2.75, 3.05) is 0 Å². The number of aromatic hydroxyl groups is 1. The SMILES string of the molecule is CC(O)c1csc(-c2cccc(O)c2)n1. The number of aromatic nitrogens is 1. The molecule has 15 heavy (non-hydrogen) atoms. The minimum absolute atomic E-state index is 0.223. The van der Waals surface area contributed by atoms with Crippen molar-refractivity contribution in [3.05, 3.63) is 35.3 Å². The molecule has 2 aromatic rings. The van der Waals surface area contributed by atoms with E-state index in [1.165, 1.54) is 11.3 Å². The zero-order valence-corrected chi connectivity index (χ0v) is 9.03.